The molecule has 1 aliphatic carbocycles. The smallest absolute Gasteiger partial charge is 0.167 e. The average Bonchev–Trinajstić information content (AvgIpc) is 2.63. The molecule has 0 amide bonds. The van der Waals surface area contributed by atoms with Crippen LogP contribution in [-0.4, -0.2) is 12.8 Å². The van der Waals surface area contributed by atoms with E-state index >= 15 is 0 Å². The lowest BCUT2D eigenvalue weighted by Gasteiger charge is -2.42. The Kier molecular flexibility index (Phi) is 2.63. The van der Waals surface area contributed by atoms with E-state index in [0.29, 0.717) is 5.92 Å². The summed E-state index contributed by atoms with van der Waals surface area (Å²) in [5, 5.41) is 3.49. The Hall–Kier alpha value is -1.42. The van der Waals surface area contributed by atoms with E-state index < -0.39 is 5.79 Å². The maximum atomic E-state index is 6.65. The van der Waals surface area contributed by atoms with Gasteiger partial charge in [0, 0.05) is 18.7 Å². The Morgan fingerprint density at radius 3 is 2.72 bits per heavy atom. The normalized spacial score (nSPS) is 28.0. The molecular weight excluding hydrogens is 224 g/mol. The molecule has 1 unspecified atom stereocenters. The molecule has 4 nitrogen and oxygen atoms in total. The van der Waals surface area contributed by atoms with Crippen molar-refractivity contribution < 1.29 is 0 Å². The maximum Gasteiger partial charge on any atom is 0.167 e. The minimum absolute atomic E-state index is 0.448. The van der Waals surface area contributed by atoms with E-state index in [4.69, 9.17) is 11.5 Å². The summed E-state index contributed by atoms with van der Waals surface area (Å²) in [4.78, 5) is 2.18. The topological polar surface area (TPSA) is 67.3 Å². The minimum Gasteiger partial charge on any atom is -0.399 e. The number of benzene rings is 1. The molecule has 0 spiro atoms. The molecule has 0 aromatic heterocycles. The zero-order chi connectivity index (χ0) is 12.8. The summed E-state index contributed by atoms with van der Waals surface area (Å²) in [6.07, 6.45) is 6.33. The number of hydrogen-bond donors (Lipinski definition) is 3. The van der Waals surface area contributed by atoms with Gasteiger partial charge < -0.3 is 16.0 Å². The summed E-state index contributed by atoms with van der Waals surface area (Å²) in [6.45, 7) is 0. The van der Waals surface area contributed by atoms with Gasteiger partial charge in [-0.2, -0.15) is 0 Å². The molecule has 4 heteroatoms. The summed E-state index contributed by atoms with van der Waals surface area (Å²) in [5.41, 5.74) is 15.5. The predicted octanol–water partition coefficient (Wildman–Crippen LogP) is 2.32. The molecule has 98 valence electrons. The predicted molar refractivity (Wildman–Crippen MR) is 76.4 cm³/mol. The van der Waals surface area contributed by atoms with Crippen molar-refractivity contribution in [2.75, 3.05) is 23.0 Å². The fourth-order valence-corrected chi connectivity index (χ4v) is 3.36. The van der Waals surface area contributed by atoms with Gasteiger partial charge >= 0.3 is 0 Å². The third-order valence-corrected chi connectivity index (χ3v) is 4.50. The Bertz CT molecular complexity index is 453. The SMILES string of the molecule is CN1c2ccc(N)cc2NC1(N)C1CCCCC1. The van der Waals surface area contributed by atoms with Crippen LogP contribution in [0.4, 0.5) is 17.1 Å². The molecule has 1 atom stereocenters. The molecule has 1 aliphatic heterocycles. The van der Waals surface area contributed by atoms with Crippen LogP contribution in [0.2, 0.25) is 0 Å². The lowest BCUT2D eigenvalue weighted by Crippen LogP contribution is -2.62. The number of nitrogens with one attached hydrogen (secondary N) is 1. The van der Waals surface area contributed by atoms with Crippen molar-refractivity contribution >= 4 is 17.1 Å². The van der Waals surface area contributed by atoms with Gasteiger partial charge in [-0.15, -0.1) is 0 Å². The molecule has 5 N–H and O–H groups in total. The zero-order valence-electron chi connectivity index (χ0n) is 10.9. The van der Waals surface area contributed by atoms with Crippen molar-refractivity contribution in [1.29, 1.82) is 0 Å². The van der Waals surface area contributed by atoms with E-state index in [1.165, 1.54) is 32.1 Å². The molecular formula is C14H22N4. The summed E-state index contributed by atoms with van der Waals surface area (Å²) >= 11 is 0. The van der Waals surface area contributed by atoms with Gasteiger partial charge in [0.05, 0.1) is 11.4 Å². The number of hydrogen-bond acceptors (Lipinski definition) is 4. The Morgan fingerprint density at radius 2 is 2.00 bits per heavy atom. The van der Waals surface area contributed by atoms with E-state index in [1.54, 1.807) is 0 Å². The number of nitrogen functional groups attached to an aromatic ring is 1. The highest BCUT2D eigenvalue weighted by molar-refractivity contribution is 5.80. The number of nitrogens with two attached hydrogens (primary N) is 2. The third kappa shape index (κ3) is 1.63. The van der Waals surface area contributed by atoms with Crippen LogP contribution in [0.1, 0.15) is 32.1 Å². The summed E-state index contributed by atoms with van der Waals surface area (Å²) in [7, 11) is 2.07. The minimum atomic E-state index is -0.448. The summed E-state index contributed by atoms with van der Waals surface area (Å²) in [6, 6.07) is 5.96. The number of nitrogens with zero attached hydrogens (tertiary/aromatic N) is 1. The monoisotopic (exact) mass is 246 g/mol. The first kappa shape index (κ1) is 11.7. The van der Waals surface area contributed by atoms with Crippen LogP contribution in [0.25, 0.3) is 0 Å². The van der Waals surface area contributed by atoms with Crippen molar-refractivity contribution in [3.63, 3.8) is 0 Å². The first-order valence-electron chi connectivity index (χ1n) is 6.81. The molecule has 1 aromatic rings. The quantitative estimate of drug-likeness (QED) is 0.665. The highest BCUT2D eigenvalue weighted by atomic mass is 15.4. The molecule has 1 fully saturated rings. The molecule has 1 heterocycles. The summed E-state index contributed by atoms with van der Waals surface area (Å²) < 4.78 is 0. The fourth-order valence-electron chi connectivity index (χ4n) is 3.36. The second kappa shape index (κ2) is 4.05. The second-order valence-electron chi connectivity index (χ2n) is 5.62. The van der Waals surface area contributed by atoms with Crippen molar-refractivity contribution in [3.05, 3.63) is 18.2 Å². The standard InChI is InChI=1S/C14H22N4/c1-18-13-8-7-11(15)9-12(13)17-14(18,16)10-5-3-2-4-6-10/h7-10,17H,2-6,15-16H2,1H3. The zero-order valence-corrected chi connectivity index (χ0v) is 10.9. The van der Waals surface area contributed by atoms with Crippen LogP contribution in [-0.2, 0) is 0 Å². The molecule has 1 saturated carbocycles. The average molecular weight is 246 g/mol. The number of fused-ring (bicyclic) bond motifs is 1. The van der Waals surface area contributed by atoms with Gasteiger partial charge in [0.1, 0.15) is 0 Å². The van der Waals surface area contributed by atoms with Gasteiger partial charge in [-0.3, -0.25) is 5.73 Å². The highest BCUT2D eigenvalue weighted by Crippen LogP contribution is 2.44. The molecule has 3 rings (SSSR count). The van der Waals surface area contributed by atoms with Crippen LogP contribution in [0.5, 0.6) is 0 Å². The molecule has 0 radical (unpaired) electrons. The largest absolute Gasteiger partial charge is 0.399 e. The Labute approximate surface area is 108 Å². The molecule has 18 heavy (non-hydrogen) atoms. The van der Waals surface area contributed by atoms with E-state index in [1.807, 2.05) is 12.1 Å². The van der Waals surface area contributed by atoms with Gasteiger partial charge in [0.2, 0.25) is 0 Å². The van der Waals surface area contributed by atoms with E-state index in [2.05, 4.69) is 23.3 Å². The Morgan fingerprint density at radius 1 is 1.28 bits per heavy atom. The van der Waals surface area contributed by atoms with Crippen LogP contribution in [0, 0.1) is 5.92 Å². The number of anilines is 3. The molecule has 0 saturated heterocycles. The van der Waals surface area contributed by atoms with Crippen LogP contribution in [0.3, 0.4) is 0 Å². The van der Waals surface area contributed by atoms with Gasteiger partial charge in [-0.1, -0.05) is 19.3 Å². The lowest BCUT2D eigenvalue weighted by atomic mass is 9.84. The highest BCUT2D eigenvalue weighted by Gasteiger charge is 2.44. The molecule has 2 aliphatic rings. The van der Waals surface area contributed by atoms with Gasteiger partial charge in [0.25, 0.3) is 0 Å². The number of rotatable bonds is 1. The van der Waals surface area contributed by atoms with E-state index in [-0.39, 0.29) is 0 Å². The van der Waals surface area contributed by atoms with Gasteiger partial charge in [-0.05, 0) is 31.0 Å². The van der Waals surface area contributed by atoms with Crippen molar-refractivity contribution in [1.82, 2.24) is 0 Å². The molecule has 0 bridgehead atoms. The lowest BCUT2D eigenvalue weighted by molar-refractivity contribution is 0.235. The van der Waals surface area contributed by atoms with Crippen LogP contribution in [0.15, 0.2) is 18.2 Å². The van der Waals surface area contributed by atoms with Crippen LogP contribution < -0.4 is 21.7 Å². The van der Waals surface area contributed by atoms with E-state index in [9.17, 15) is 0 Å². The van der Waals surface area contributed by atoms with Gasteiger partial charge in [-0.25, -0.2) is 0 Å². The third-order valence-electron chi connectivity index (χ3n) is 4.50. The fraction of sp³-hybridized carbons (Fsp3) is 0.571. The van der Waals surface area contributed by atoms with Crippen molar-refractivity contribution in [2.24, 2.45) is 11.7 Å². The first-order chi connectivity index (χ1) is 8.61. The van der Waals surface area contributed by atoms with Crippen LogP contribution >= 0.6 is 0 Å². The van der Waals surface area contributed by atoms with E-state index in [0.717, 1.165) is 17.1 Å². The maximum absolute atomic E-state index is 6.65. The first-order valence-corrected chi connectivity index (χ1v) is 6.81. The van der Waals surface area contributed by atoms with Gasteiger partial charge in [0.15, 0.2) is 5.79 Å². The molecule has 1 aromatic carbocycles. The summed E-state index contributed by atoms with van der Waals surface area (Å²) in [5.74, 6) is 0.0566. The van der Waals surface area contributed by atoms with Crippen molar-refractivity contribution in [2.45, 2.75) is 37.9 Å². The Balaban J connectivity index is 1.92. The van der Waals surface area contributed by atoms with Crippen molar-refractivity contribution in [3.8, 4) is 0 Å². The second-order valence-corrected chi connectivity index (χ2v) is 5.62.